The summed E-state index contributed by atoms with van der Waals surface area (Å²) in [6.07, 6.45) is 7.40. The molecule has 0 saturated carbocycles. The van der Waals surface area contributed by atoms with Crippen LogP contribution in [0.15, 0.2) is 0 Å². The summed E-state index contributed by atoms with van der Waals surface area (Å²) in [6.45, 7) is 9.37. The second-order valence-corrected chi connectivity index (χ2v) is 5.43. The van der Waals surface area contributed by atoms with Crippen molar-refractivity contribution in [1.29, 1.82) is 0 Å². The van der Waals surface area contributed by atoms with Gasteiger partial charge in [0.1, 0.15) is 0 Å². The minimum absolute atomic E-state index is 0.944. The third kappa shape index (κ3) is 1.76. The fraction of sp³-hybridized carbons (Fsp3) is 1.00. The molecular weight excluding hydrogens is 158 g/mol. The van der Waals surface area contributed by atoms with Crippen LogP contribution in [0, 0.1) is 5.92 Å². The predicted molar refractivity (Wildman–Crippen MR) is 56.6 cm³/mol. The van der Waals surface area contributed by atoms with Crippen LogP contribution < -0.4 is 0 Å². The summed E-state index contributed by atoms with van der Waals surface area (Å²) in [5, 5.41) is 0. The molecule has 2 fully saturated rings. The molecule has 76 valence electrons. The first kappa shape index (κ1) is 9.51. The van der Waals surface area contributed by atoms with Gasteiger partial charge in [0.15, 0.2) is 0 Å². The molecule has 0 aromatic carbocycles. The van der Waals surface area contributed by atoms with Crippen LogP contribution in [0.4, 0.5) is 0 Å². The predicted octanol–water partition coefficient (Wildman–Crippen LogP) is 2.81. The van der Waals surface area contributed by atoms with E-state index in [1.165, 1.54) is 56.2 Å². The minimum atomic E-state index is 0.944. The summed E-state index contributed by atoms with van der Waals surface area (Å²) in [7, 11) is 0. The van der Waals surface area contributed by atoms with Gasteiger partial charge in [-0.25, -0.2) is 0 Å². The van der Waals surface area contributed by atoms with Crippen molar-refractivity contribution < 1.29 is 4.48 Å². The molecule has 0 radical (unpaired) electrons. The van der Waals surface area contributed by atoms with Gasteiger partial charge >= 0.3 is 0 Å². The topological polar surface area (TPSA) is 0 Å². The molecule has 1 heteroatoms. The lowest BCUT2D eigenvalue weighted by atomic mass is 9.99. The van der Waals surface area contributed by atoms with E-state index in [4.69, 9.17) is 0 Å². The molecule has 1 nitrogen and oxygen atoms in total. The molecule has 2 aliphatic heterocycles. The molecule has 2 unspecified atom stereocenters. The van der Waals surface area contributed by atoms with Crippen LogP contribution in [0.25, 0.3) is 0 Å². The van der Waals surface area contributed by atoms with Gasteiger partial charge in [-0.2, -0.15) is 0 Å². The molecule has 2 aliphatic rings. The van der Waals surface area contributed by atoms with Gasteiger partial charge in [-0.15, -0.1) is 0 Å². The monoisotopic (exact) mass is 182 g/mol. The van der Waals surface area contributed by atoms with E-state index in [-0.39, 0.29) is 0 Å². The van der Waals surface area contributed by atoms with E-state index in [1.807, 2.05) is 0 Å². The second-order valence-electron chi connectivity index (χ2n) is 5.43. The van der Waals surface area contributed by atoms with Crippen molar-refractivity contribution in [3.8, 4) is 0 Å². The molecule has 0 aromatic heterocycles. The van der Waals surface area contributed by atoms with Gasteiger partial charge in [0.05, 0.1) is 25.7 Å². The third-order valence-electron chi connectivity index (χ3n) is 4.44. The zero-order chi connectivity index (χ0) is 9.31. The fourth-order valence-electron chi connectivity index (χ4n) is 3.53. The Morgan fingerprint density at radius 2 is 1.54 bits per heavy atom. The number of hydrogen-bond acceptors (Lipinski definition) is 0. The van der Waals surface area contributed by atoms with E-state index in [0.29, 0.717) is 0 Å². The average molecular weight is 182 g/mol. The van der Waals surface area contributed by atoms with E-state index in [2.05, 4.69) is 13.8 Å². The van der Waals surface area contributed by atoms with Crippen molar-refractivity contribution in [3.05, 3.63) is 0 Å². The number of quaternary nitrogens is 1. The first-order chi connectivity index (χ1) is 6.23. The Hall–Kier alpha value is -0.0400. The quantitative estimate of drug-likeness (QED) is 0.505. The summed E-state index contributed by atoms with van der Waals surface area (Å²) < 4.78 is 1.48. The third-order valence-corrected chi connectivity index (χ3v) is 4.44. The molecule has 2 saturated heterocycles. The molecule has 0 bridgehead atoms. The molecule has 0 aromatic rings. The Bertz CT molecular complexity index is 170. The lowest BCUT2D eigenvalue weighted by Crippen LogP contribution is -2.51. The molecule has 13 heavy (non-hydrogen) atoms. The van der Waals surface area contributed by atoms with Crippen LogP contribution in [0.5, 0.6) is 0 Å². The Balaban J connectivity index is 2.08. The first-order valence-corrected chi connectivity index (χ1v) is 6.09. The van der Waals surface area contributed by atoms with Gasteiger partial charge in [0.2, 0.25) is 0 Å². The van der Waals surface area contributed by atoms with Crippen LogP contribution in [-0.4, -0.2) is 30.2 Å². The highest BCUT2D eigenvalue weighted by Crippen LogP contribution is 2.32. The number of rotatable bonds is 0. The Labute approximate surface area is 82.7 Å². The van der Waals surface area contributed by atoms with Crippen LogP contribution in [0.2, 0.25) is 0 Å². The van der Waals surface area contributed by atoms with Crippen LogP contribution in [0.3, 0.4) is 0 Å². The van der Waals surface area contributed by atoms with Crippen molar-refractivity contribution in [1.82, 2.24) is 0 Å². The maximum atomic E-state index is 2.49. The highest BCUT2D eigenvalue weighted by molar-refractivity contribution is 4.69. The molecule has 1 spiro atoms. The lowest BCUT2D eigenvalue weighted by molar-refractivity contribution is -0.938. The number of nitrogens with zero attached hydrogens (tertiary/aromatic N) is 1. The normalized spacial score (nSPS) is 39.2. The van der Waals surface area contributed by atoms with Gasteiger partial charge in [-0.05, 0) is 25.7 Å². The molecule has 0 aliphatic carbocycles. The highest BCUT2D eigenvalue weighted by atomic mass is 15.4. The Morgan fingerprint density at radius 1 is 0.923 bits per heavy atom. The maximum Gasteiger partial charge on any atom is 0.0864 e. The van der Waals surface area contributed by atoms with E-state index < -0.39 is 0 Å². The average Bonchev–Trinajstić information content (AvgIpc) is 2.48. The van der Waals surface area contributed by atoms with Gasteiger partial charge in [-0.3, -0.25) is 0 Å². The zero-order valence-corrected chi connectivity index (χ0v) is 9.26. The van der Waals surface area contributed by atoms with Crippen LogP contribution in [-0.2, 0) is 0 Å². The zero-order valence-electron chi connectivity index (χ0n) is 9.26. The lowest BCUT2D eigenvalue weighted by Gasteiger charge is -2.39. The first-order valence-electron chi connectivity index (χ1n) is 6.09. The standard InChI is InChI=1S/C12H24N/c1-11-6-5-9-13(12(2)10-11)7-3-4-8-13/h11-12H,3-10H2,1-2H3/q+1. The molecule has 2 atom stereocenters. The van der Waals surface area contributed by atoms with E-state index in [9.17, 15) is 0 Å². The van der Waals surface area contributed by atoms with Crippen molar-refractivity contribution in [2.75, 3.05) is 19.6 Å². The Kier molecular flexibility index (Phi) is 2.64. The summed E-state index contributed by atoms with van der Waals surface area (Å²) in [4.78, 5) is 0. The minimum Gasteiger partial charge on any atom is -0.321 e. The molecular formula is C12H24N+. The molecule has 0 amide bonds. The number of hydrogen-bond donors (Lipinski definition) is 0. The van der Waals surface area contributed by atoms with Crippen molar-refractivity contribution >= 4 is 0 Å². The smallest absolute Gasteiger partial charge is 0.0864 e. The van der Waals surface area contributed by atoms with E-state index in [1.54, 1.807) is 0 Å². The second kappa shape index (κ2) is 3.61. The molecule has 2 rings (SSSR count). The van der Waals surface area contributed by atoms with Crippen LogP contribution in [0.1, 0.15) is 46.0 Å². The van der Waals surface area contributed by atoms with Gasteiger partial charge < -0.3 is 4.48 Å². The van der Waals surface area contributed by atoms with Crippen molar-refractivity contribution in [3.63, 3.8) is 0 Å². The van der Waals surface area contributed by atoms with Gasteiger partial charge in [-0.1, -0.05) is 6.92 Å². The van der Waals surface area contributed by atoms with Crippen LogP contribution >= 0.6 is 0 Å². The SMILES string of the molecule is CC1CCC[N+]2(CCCC2)C(C)C1. The Morgan fingerprint density at radius 3 is 2.23 bits per heavy atom. The summed E-state index contributed by atoms with van der Waals surface area (Å²) >= 11 is 0. The van der Waals surface area contributed by atoms with E-state index >= 15 is 0 Å². The largest absolute Gasteiger partial charge is 0.321 e. The molecule has 0 N–H and O–H groups in total. The summed E-state index contributed by atoms with van der Waals surface area (Å²) in [5.41, 5.74) is 0. The highest BCUT2D eigenvalue weighted by Gasteiger charge is 2.38. The van der Waals surface area contributed by atoms with Gasteiger partial charge in [0, 0.05) is 19.3 Å². The van der Waals surface area contributed by atoms with Crippen molar-refractivity contribution in [2.45, 2.75) is 52.0 Å². The van der Waals surface area contributed by atoms with Gasteiger partial charge in [0.25, 0.3) is 0 Å². The maximum absolute atomic E-state index is 2.49. The summed E-state index contributed by atoms with van der Waals surface area (Å²) in [6, 6.07) is 0.944. The van der Waals surface area contributed by atoms with E-state index in [0.717, 1.165) is 12.0 Å². The van der Waals surface area contributed by atoms with Crippen molar-refractivity contribution in [2.24, 2.45) is 5.92 Å². The summed E-state index contributed by atoms with van der Waals surface area (Å²) in [5.74, 6) is 0.980. The fourth-order valence-corrected chi connectivity index (χ4v) is 3.53. The molecule has 2 heterocycles.